The van der Waals surface area contributed by atoms with Gasteiger partial charge in [-0.3, -0.25) is 4.79 Å². The van der Waals surface area contributed by atoms with Crippen molar-refractivity contribution in [2.24, 2.45) is 50.2 Å². The van der Waals surface area contributed by atoms with Crippen molar-refractivity contribution in [3.8, 4) is 0 Å². The maximum Gasteiger partial charge on any atom is 0.303 e. The highest BCUT2D eigenvalue weighted by Crippen LogP contribution is 2.76. The van der Waals surface area contributed by atoms with Crippen LogP contribution in [0.15, 0.2) is 23.8 Å². The molecule has 0 aromatic carbocycles. The van der Waals surface area contributed by atoms with E-state index in [1.165, 1.54) is 0 Å². The Balaban J connectivity index is 0.934. The first-order valence-corrected chi connectivity index (χ1v) is 29.0. The van der Waals surface area contributed by atoms with E-state index < -0.39 is 201 Å². The second-order valence-corrected chi connectivity index (χ2v) is 27.2. The molecule has 0 aromatic heterocycles. The number of esters is 1. The van der Waals surface area contributed by atoms with Crippen molar-refractivity contribution in [1.82, 2.24) is 0 Å². The third-order valence-electron chi connectivity index (χ3n) is 22.0. The molecule has 30 atom stereocenters. The van der Waals surface area contributed by atoms with Crippen molar-refractivity contribution in [2.75, 3.05) is 33.0 Å². The van der Waals surface area contributed by atoms with E-state index in [9.17, 15) is 81.4 Å². The van der Waals surface area contributed by atoms with Crippen LogP contribution in [0.2, 0.25) is 0 Å². The summed E-state index contributed by atoms with van der Waals surface area (Å²) in [4.78, 5) is 12.3. The molecule has 470 valence electrons. The average molecular weight is 1180 g/mol. The third-order valence-corrected chi connectivity index (χ3v) is 22.0. The van der Waals surface area contributed by atoms with Crippen LogP contribution in [0.4, 0.5) is 0 Å². The highest BCUT2D eigenvalue weighted by molar-refractivity contribution is 5.66. The summed E-state index contributed by atoms with van der Waals surface area (Å²) in [7, 11) is 0. The van der Waals surface area contributed by atoms with E-state index in [4.69, 9.17) is 49.2 Å². The van der Waals surface area contributed by atoms with Crippen molar-refractivity contribution < 1.29 is 124 Å². The second kappa shape index (κ2) is 23.5. The Labute approximate surface area is 477 Å². The Hall–Kier alpha value is -1.97. The molecule has 25 nitrogen and oxygen atoms in total. The van der Waals surface area contributed by atoms with Crippen molar-refractivity contribution >= 4 is 5.97 Å². The van der Waals surface area contributed by atoms with E-state index in [-0.39, 0.29) is 29.3 Å². The van der Waals surface area contributed by atoms with Crippen LogP contribution in [0.1, 0.15) is 100 Å². The largest absolute Gasteiger partial charge is 0.457 e. The van der Waals surface area contributed by atoms with E-state index in [1.54, 1.807) is 0 Å². The Morgan fingerprint density at radius 1 is 0.598 bits per heavy atom. The lowest BCUT2D eigenvalue weighted by atomic mass is 9.33. The number of aliphatic hydroxyl groups excluding tert-OH is 15. The predicted octanol–water partition coefficient (Wildman–Crippen LogP) is -2.88. The summed E-state index contributed by atoms with van der Waals surface area (Å²) in [6.07, 6.45) is -28.6. The maximum absolute atomic E-state index is 12.6. The average Bonchev–Trinajstić information content (AvgIpc) is 0.778. The monoisotopic (exact) mass is 1180 g/mol. The molecule has 0 bridgehead atoms. The number of rotatable bonds is 14. The molecule has 0 amide bonds. The van der Waals surface area contributed by atoms with Crippen molar-refractivity contribution in [1.29, 1.82) is 0 Å². The van der Waals surface area contributed by atoms with Gasteiger partial charge in [0, 0.05) is 12.3 Å². The van der Waals surface area contributed by atoms with E-state index >= 15 is 0 Å². The second-order valence-electron chi connectivity index (χ2n) is 27.2. The van der Waals surface area contributed by atoms with Gasteiger partial charge in [0.25, 0.3) is 0 Å². The minimum Gasteiger partial charge on any atom is -0.457 e. The van der Waals surface area contributed by atoms with Gasteiger partial charge in [0.15, 0.2) is 31.3 Å². The van der Waals surface area contributed by atoms with Gasteiger partial charge in [-0.15, -0.1) is 0 Å². The van der Waals surface area contributed by atoms with Crippen LogP contribution >= 0.6 is 0 Å². The molecule has 5 aliphatic carbocycles. The first-order chi connectivity index (χ1) is 38.3. The number of ether oxygens (including phenoxy) is 9. The van der Waals surface area contributed by atoms with E-state index in [0.29, 0.717) is 37.7 Å². The summed E-state index contributed by atoms with van der Waals surface area (Å²) < 4.78 is 53.2. The zero-order chi connectivity index (χ0) is 60.3. The fourth-order valence-corrected chi connectivity index (χ4v) is 16.9. The third kappa shape index (κ3) is 10.5. The summed E-state index contributed by atoms with van der Waals surface area (Å²) >= 11 is 0. The summed E-state index contributed by atoms with van der Waals surface area (Å²) in [5.74, 6) is -1.06. The summed E-state index contributed by atoms with van der Waals surface area (Å²) in [5, 5.41) is 163. The molecule has 0 radical (unpaired) electrons. The minimum absolute atomic E-state index is 0.0587. The molecule has 8 fully saturated rings. The fraction of sp³-hybridized carbons (Fsp3) is 0.912. The van der Waals surface area contributed by atoms with Crippen LogP contribution in [0.25, 0.3) is 0 Å². The van der Waals surface area contributed by atoms with Crippen LogP contribution in [0.5, 0.6) is 0 Å². The SMILES string of the molecule is C=C1C[C@]2(C)C(=CCC3[C@@]4(C)CC[C@H](O[C@@H]5O[C@H](CO[C@H]6O[C@H](CO)[C@@H](O)[C@H](O)[C@H]6O)[C@@H](O)[C@@H](OC(C)=O)[C@H]5O)C(C)(C)C4CC[C@]32C)C2CC(C)(C)[C@@H](O)[C@H](O)[C@]12CO[C@@H]1O[C@H](CO[C@H]2O[C@H](CO)[C@@H](O)[C@@H](O)[C@@H]2O)[C@@H](O)[C@@H](O)[C@H]1O. The van der Waals surface area contributed by atoms with Crippen LogP contribution in [-0.4, -0.2) is 257 Å². The number of fused-ring (bicyclic) bond motifs is 7. The molecule has 9 aliphatic rings. The number of carbonyl (C=O) groups excluding carboxylic acids is 1. The molecule has 4 heterocycles. The molecule has 3 unspecified atom stereocenters. The molecule has 0 aromatic rings. The number of carbonyl (C=O) groups is 1. The topological polar surface area (TPSA) is 404 Å². The van der Waals surface area contributed by atoms with Gasteiger partial charge in [-0.2, -0.15) is 0 Å². The Kier molecular flexibility index (Phi) is 18.5. The molecule has 82 heavy (non-hydrogen) atoms. The number of hydrogen-bond donors (Lipinski definition) is 15. The maximum atomic E-state index is 12.6. The fourth-order valence-electron chi connectivity index (χ4n) is 16.9. The predicted molar refractivity (Wildman–Crippen MR) is 280 cm³/mol. The van der Waals surface area contributed by atoms with Crippen molar-refractivity contribution in [3.05, 3.63) is 23.8 Å². The molecule has 15 N–H and O–H groups in total. The van der Waals surface area contributed by atoms with Gasteiger partial charge in [-0.1, -0.05) is 72.3 Å². The van der Waals surface area contributed by atoms with E-state index in [1.807, 2.05) is 13.8 Å². The van der Waals surface area contributed by atoms with Crippen LogP contribution in [-0.2, 0) is 47.4 Å². The van der Waals surface area contributed by atoms with E-state index in [2.05, 4.69) is 40.7 Å². The van der Waals surface area contributed by atoms with Crippen LogP contribution in [0, 0.1) is 50.2 Å². The standard InChI is InChI=1S/C57H92O25/c1-23-16-56(9)25(26-17-52(3,4)46(72)47(73)57(23,26)22-76-50-43(70)40(67)36(63)29(80-50)20-74-48-41(68)38(65)34(61)27(18-58)78-48)10-11-32-54(7)14-13-33(53(5,6)31(54)12-15-55(32,56)8)82-51-44(71)45(77-24(2)60)37(64)30(81-51)21-75-49-42(69)39(66)35(62)28(19-59)79-49/h10,26-51,58-59,61-73H,1,11-22H2,2-9H3/t26?,27-,28-,29-,30-,31?,32?,33+,34-,35-,36-,37-,38-,39+,40-,41+,42-,43-,44-,45-,46+,47+,48+,49+,50-,51+,54+,55-,56-,57-/m1/s1. The Morgan fingerprint density at radius 2 is 1.10 bits per heavy atom. The highest BCUT2D eigenvalue weighted by Gasteiger charge is 2.72. The van der Waals surface area contributed by atoms with Gasteiger partial charge in [0.2, 0.25) is 0 Å². The van der Waals surface area contributed by atoms with Gasteiger partial charge in [-0.05, 0) is 89.8 Å². The summed E-state index contributed by atoms with van der Waals surface area (Å²) in [6.45, 7) is 18.0. The number of hydrogen-bond acceptors (Lipinski definition) is 25. The van der Waals surface area contributed by atoms with Crippen molar-refractivity contribution in [3.63, 3.8) is 0 Å². The first kappa shape index (κ1) is 64.5. The Bertz CT molecular complexity index is 2300. The van der Waals surface area contributed by atoms with Crippen LogP contribution < -0.4 is 0 Å². The Morgan fingerprint density at radius 3 is 1.63 bits per heavy atom. The van der Waals surface area contributed by atoms with Gasteiger partial charge >= 0.3 is 5.97 Å². The summed E-state index contributed by atoms with van der Waals surface area (Å²) in [5.41, 5.74) is -2.14. The van der Waals surface area contributed by atoms with E-state index in [0.717, 1.165) is 25.3 Å². The number of allylic oxidation sites excluding steroid dienone is 2. The lowest BCUT2D eigenvalue weighted by molar-refractivity contribution is -0.346. The molecule has 0 spiro atoms. The smallest absolute Gasteiger partial charge is 0.303 e. The zero-order valence-corrected chi connectivity index (χ0v) is 48.1. The van der Waals surface area contributed by atoms with Crippen LogP contribution in [0.3, 0.4) is 0 Å². The normalized spacial score (nSPS) is 52.8. The zero-order valence-electron chi connectivity index (χ0n) is 48.1. The molecular formula is C57H92O25. The molecule has 9 rings (SSSR count). The molecule has 4 saturated carbocycles. The van der Waals surface area contributed by atoms with Gasteiger partial charge in [0.05, 0.1) is 51.3 Å². The van der Waals surface area contributed by atoms with Crippen molar-refractivity contribution in [2.45, 2.75) is 241 Å². The number of aliphatic hydroxyl groups is 15. The van der Waals surface area contributed by atoms with Gasteiger partial charge in [-0.25, -0.2) is 0 Å². The molecule has 4 saturated heterocycles. The molecule has 25 heteroatoms. The molecular weight excluding hydrogens is 1080 g/mol. The lowest BCUT2D eigenvalue weighted by Crippen LogP contribution is -2.69. The lowest BCUT2D eigenvalue weighted by Gasteiger charge is -2.72. The minimum atomic E-state index is -1.83. The van der Waals surface area contributed by atoms with Gasteiger partial charge < -0.3 is 119 Å². The molecule has 4 aliphatic heterocycles. The first-order valence-electron chi connectivity index (χ1n) is 29.0. The van der Waals surface area contributed by atoms with Gasteiger partial charge in [0.1, 0.15) is 91.6 Å². The quantitative estimate of drug-likeness (QED) is 0.0472. The summed E-state index contributed by atoms with van der Waals surface area (Å²) in [6, 6.07) is 0. The highest BCUT2D eigenvalue weighted by atomic mass is 16.7.